The Morgan fingerprint density at radius 3 is 2.73 bits per heavy atom. The molecule has 1 aliphatic rings. The van der Waals surface area contributed by atoms with Gasteiger partial charge in [-0.2, -0.15) is 0 Å². The molecule has 2 unspecified atom stereocenters. The van der Waals surface area contributed by atoms with Crippen LogP contribution in [0.15, 0.2) is 0 Å². The summed E-state index contributed by atoms with van der Waals surface area (Å²) in [5.41, 5.74) is 5.60. The third-order valence-corrected chi connectivity index (χ3v) is 2.88. The maximum absolute atomic E-state index is 11.4. The van der Waals surface area contributed by atoms with Gasteiger partial charge in [0.1, 0.15) is 0 Å². The van der Waals surface area contributed by atoms with Crippen LogP contribution in [0.4, 0.5) is 4.79 Å². The highest BCUT2D eigenvalue weighted by Gasteiger charge is 2.24. The SMILES string of the molecule is CC(C)CNC(=O)NC1CCC(CN)C1. The highest BCUT2D eigenvalue weighted by molar-refractivity contribution is 5.74. The molecule has 1 fully saturated rings. The van der Waals surface area contributed by atoms with Crippen LogP contribution in [-0.2, 0) is 0 Å². The van der Waals surface area contributed by atoms with Gasteiger partial charge in [0.15, 0.2) is 0 Å². The van der Waals surface area contributed by atoms with Gasteiger partial charge in [0.25, 0.3) is 0 Å². The first-order valence-corrected chi connectivity index (χ1v) is 5.86. The fraction of sp³-hybridized carbons (Fsp3) is 0.909. The number of urea groups is 1. The van der Waals surface area contributed by atoms with E-state index < -0.39 is 0 Å². The zero-order chi connectivity index (χ0) is 11.3. The highest BCUT2D eigenvalue weighted by Crippen LogP contribution is 2.24. The lowest BCUT2D eigenvalue weighted by Gasteiger charge is -2.14. The van der Waals surface area contributed by atoms with Gasteiger partial charge in [0.05, 0.1) is 0 Å². The number of amides is 2. The first-order chi connectivity index (χ1) is 7.11. The highest BCUT2D eigenvalue weighted by atomic mass is 16.2. The molecule has 2 atom stereocenters. The molecular formula is C11H23N3O. The van der Waals surface area contributed by atoms with Gasteiger partial charge in [0.2, 0.25) is 0 Å². The third-order valence-electron chi connectivity index (χ3n) is 2.88. The molecule has 0 bridgehead atoms. The molecule has 1 aliphatic carbocycles. The predicted molar refractivity (Wildman–Crippen MR) is 61.6 cm³/mol. The van der Waals surface area contributed by atoms with E-state index in [4.69, 9.17) is 5.73 Å². The predicted octanol–water partition coefficient (Wildman–Crippen LogP) is 1.07. The smallest absolute Gasteiger partial charge is 0.315 e. The fourth-order valence-electron chi connectivity index (χ4n) is 1.95. The molecule has 1 rings (SSSR count). The first kappa shape index (κ1) is 12.3. The molecular weight excluding hydrogens is 190 g/mol. The van der Waals surface area contributed by atoms with E-state index in [1.807, 2.05) is 0 Å². The first-order valence-electron chi connectivity index (χ1n) is 5.86. The maximum atomic E-state index is 11.4. The Hall–Kier alpha value is -0.770. The van der Waals surface area contributed by atoms with Crippen LogP contribution in [0, 0.1) is 11.8 Å². The number of hydrogen-bond acceptors (Lipinski definition) is 2. The normalized spacial score (nSPS) is 25.6. The van der Waals surface area contributed by atoms with Crippen LogP contribution in [0.2, 0.25) is 0 Å². The summed E-state index contributed by atoms with van der Waals surface area (Å²) in [5.74, 6) is 1.09. The van der Waals surface area contributed by atoms with Crippen LogP contribution in [0.3, 0.4) is 0 Å². The fourth-order valence-corrected chi connectivity index (χ4v) is 1.95. The maximum Gasteiger partial charge on any atom is 0.315 e. The van der Waals surface area contributed by atoms with E-state index in [9.17, 15) is 4.79 Å². The molecule has 0 heterocycles. The molecule has 4 nitrogen and oxygen atoms in total. The van der Waals surface area contributed by atoms with Gasteiger partial charge in [-0.15, -0.1) is 0 Å². The summed E-state index contributed by atoms with van der Waals surface area (Å²) in [6.45, 7) is 5.64. The summed E-state index contributed by atoms with van der Waals surface area (Å²) in [6.07, 6.45) is 3.24. The van der Waals surface area contributed by atoms with Gasteiger partial charge >= 0.3 is 6.03 Å². The molecule has 4 heteroatoms. The van der Waals surface area contributed by atoms with Crippen molar-refractivity contribution in [1.82, 2.24) is 10.6 Å². The Morgan fingerprint density at radius 2 is 2.20 bits per heavy atom. The zero-order valence-electron chi connectivity index (χ0n) is 9.75. The molecule has 4 N–H and O–H groups in total. The molecule has 0 aromatic carbocycles. The van der Waals surface area contributed by atoms with Crippen molar-refractivity contribution in [2.24, 2.45) is 17.6 Å². The molecule has 0 aliphatic heterocycles. The molecule has 2 amide bonds. The van der Waals surface area contributed by atoms with Gasteiger partial charge in [0, 0.05) is 12.6 Å². The minimum absolute atomic E-state index is 0.0358. The topological polar surface area (TPSA) is 67.2 Å². The lowest BCUT2D eigenvalue weighted by Crippen LogP contribution is -2.42. The third kappa shape index (κ3) is 4.51. The molecule has 0 aromatic rings. The second-order valence-corrected chi connectivity index (χ2v) is 4.86. The lowest BCUT2D eigenvalue weighted by atomic mass is 10.1. The van der Waals surface area contributed by atoms with E-state index in [0.29, 0.717) is 17.9 Å². The van der Waals surface area contributed by atoms with Gasteiger partial charge in [-0.1, -0.05) is 13.8 Å². The molecule has 0 saturated heterocycles. The lowest BCUT2D eigenvalue weighted by molar-refractivity contribution is 0.235. The van der Waals surface area contributed by atoms with Crippen LogP contribution in [0.1, 0.15) is 33.1 Å². The Morgan fingerprint density at radius 1 is 1.47 bits per heavy atom. The van der Waals surface area contributed by atoms with E-state index in [0.717, 1.165) is 32.4 Å². The van der Waals surface area contributed by atoms with Crippen molar-refractivity contribution >= 4 is 6.03 Å². The molecule has 0 spiro atoms. The van der Waals surface area contributed by atoms with E-state index in [2.05, 4.69) is 24.5 Å². The van der Waals surface area contributed by atoms with Crippen LogP contribution in [-0.4, -0.2) is 25.2 Å². The van der Waals surface area contributed by atoms with Crippen molar-refractivity contribution in [2.45, 2.75) is 39.2 Å². The second-order valence-electron chi connectivity index (χ2n) is 4.86. The number of nitrogens with two attached hydrogens (primary N) is 1. The van der Waals surface area contributed by atoms with Crippen LogP contribution < -0.4 is 16.4 Å². The van der Waals surface area contributed by atoms with E-state index in [1.165, 1.54) is 0 Å². The number of carbonyl (C=O) groups excluding carboxylic acids is 1. The average Bonchev–Trinajstić information content (AvgIpc) is 2.62. The Labute approximate surface area is 92.0 Å². The Balaban J connectivity index is 2.16. The average molecular weight is 213 g/mol. The van der Waals surface area contributed by atoms with Crippen LogP contribution >= 0.6 is 0 Å². The summed E-state index contributed by atoms with van der Waals surface area (Å²) in [7, 11) is 0. The van der Waals surface area contributed by atoms with Crippen LogP contribution in [0.5, 0.6) is 0 Å². The molecule has 0 aromatic heterocycles. The van der Waals surface area contributed by atoms with Gasteiger partial charge < -0.3 is 16.4 Å². The molecule has 88 valence electrons. The summed E-state index contributed by atoms with van der Waals surface area (Å²) in [6, 6.07) is 0.289. The van der Waals surface area contributed by atoms with Gasteiger partial charge in [-0.25, -0.2) is 4.79 Å². The van der Waals surface area contributed by atoms with E-state index in [-0.39, 0.29) is 6.03 Å². The van der Waals surface area contributed by atoms with Crippen molar-refractivity contribution < 1.29 is 4.79 Å². The minimum Gasteiger partial charge on any atom is -0.338 e. The van der Waals surface area contributed by atoms with Gasteiger partial charge in [-0.3, -0.25) is 0 Å². The van der Waals surface area contributed by atoms with Crippen molar-refractivity contribution in [1.29, 1.82) is 0 Å². The summed E-state index contributed by atoms with van der Waals surface area (Å²) in [4.78, 5) is 11.4. The molecule has 15 heavy (non-hydrogen) atoms. The zero-order valence-corrected chi connectivity index (χ0v) is 9.75. The quantitative estimate of drug-likeness (QED) is 0.654. The Kier molecular flexibility index (Phi) is 4.88. The van der Waals surface area contributed by atoms with Crippen LogP contribution in [0.25, 0.3) is 0 Å². The summed E-state index contributed by atoms with van der Waals surface area (Å²) >= 11 is 0. The monoisotopic (exact) mass is 213 g/mol. The van der Waals surface area contributed by atoms with Crippen molar-refractivity contribution in [3.05, 3.63) is 0 Å². The van der Waals surface area contributed by atoms with E-state index >= 15 is 0 Å². The number of rotatable bonds is 4. The minimum atomic E-state index is -0.0358. The number of carbonyl (C=O) groups is 1. The summed E-state index contributed by atoms with van der Waals surface area (Å²) < 4.78 is 0. The van der Waals surface area contributed by atoms with Crippen molar-refractivity contribution in [2.75, 3.05) is 13.1 Å². The van der Waals surface area contributed by atoms with E-state index in [1.54, 1.807) is 0 Å². The summed E-state index contributed by atoms with van der Waals surface area (Å²) in [5, 5.41) is 5.85. The van der Waals surface area contributed by atoms with Gasteiger partial charge in [-0.05, 0) is 37.6 Å². The van der Waals surface area contributed by atoms with Crippen molar-refractivity contribution in [3.63, 3.8) is 0 Å². The second kappa shape index (κ2) is 5.95. The standard InChI is InChI=1S/C11H23N3O/c1-8(2)7-13-11(15)14-10-4-3-9(5-10)6-12/h8-10H,3-7,12H2,1-2H3,(H2,13,14,15). The molecule has 1 saturated carbocycles. The number of hydrogen-bond donors (Lipinski definition) is 3. The number of nitrogens with one attached hydrogen (secondary N) is 2. The van der Waals surface area contributed by atoms with Crippen molar-refractivity contribution in [3.8, 4) is 0 Å². The Bertz CT molecular complexity index is 206. The molecule has 0 radical (unpaired) electrons. The largest absolute Gasteiger partial charge is 0.338 e.